The number of hydrogen-bond acceptors (Lipinski definition) is 7. The lowest BCUT2D eigenvalue weighted by atomic mass is 10.1. The van der Waals surface area contributed by atoms with Gasteiger partial charge in [0.1, 0.15) is 0 Å². The summed E-state index contributed by atoms with van der Waals surface area (Å²) in [6, 6.07) is 0. The van der Waals surface area contributed by atoms with Crippen LogP contribution in [-0.2, 0) is 23.9 Å². The lowest BCUT2D eigenvalue weighted by molar-refractivity contribution is -0.154. The molecule has 7 heteroatoms. The average molecular weight is 342 g/mol. The van der Waals surface area contributed by atoms with Gasteiger partial charge >= 0.3 is 17.9 Å². The van der Waals surface area contributed by atoms with Gasteiger partial charge in [0, 0.05) is 23.1 Å². The molecule has 0 saturated carbocycles. The van der Waals surface area contributed by atoms with Gasteiger partial charge in [-0.15, -0.1) is 0 Å². The Labute approximate surface area is 142 Å². The summed E-state index contributed by atoms with van der Waals surface area (Å²) in [6.45, 7) is 11.5. The number of aliphatic hydroxyl groups is 2. The molecule has 0 aliphatic heterocycles. The normalized spacial score (nSPS) is 11.5. The van der Waals surface area contributed by atoms with Crippen LogP contribution in [0.2, 0.25) is 0 Å². The minimum absolute atomic E-state index is 0.0448. The molecular formula is C17H26O7. The zero-order valence-corrected chi connectivity index (χ0v) is 14.6. The molecule has 0 radical (unpaired) electrons. The quantitative estimate of drug-likeness (QED) is 0.409. The SMILES string of the molecule is C=C(CC(O)CO)C(=O)OC.C=C(CC)C(=O)OC(=O)C(C)=CC. The van der Waals surface area contributed by atoms with E-state index in [1.807, 2.05) is 0 Å². The Kier molecular flexibility index (Phi) is 13.2. The molecule has 0 bridgehead atoms. The van der Waals surface area contributed by atoms with E-state index in [1.54, 1.807) is 26.8 Å². The van der Waals surface area contributed by atoms with Gasteiger partial charge in [0.25, 0.3) is 0 Å². The van der Waals surface area contributed by atoms with Crippen LogP contribution in [0.25, 0.3) is 0 Å². The first kappa shape index (κ1) is 24.0. The van der Waals surface area contributed by atoms with Gasteiger partial charge in [-0.25, -0.2) is 14.4 Å². The van der Waals surface area contributed by atoms with E-state index < -0.39 is 24.0 Å². The molecule has 24 heavy (non-hydrogen) atoms. The van der Waals surface area contributed by atoms with E-state index in [1.165, 1.54) is 7.11 Å². The molecule has 0 aliphatic rings. The second kappa shape index (κ2) is 13.2. The van der Waals surface area contributed by atoms with Gasteiger partial charge in [-0.1, -0.05) is 26.2 Å². The van der Waals surface area contributed by atoms with Crippen molar-refractivity contribution < 1.29 is 34.1 Å². The highest BCUT2D eigenvalue weighted by Gasteiger charge is 2.13. The molecular weight excluding hydrogens is 316 g/mol. The summed E-state index contributed by atoms with van der Waals surface area (Å²) in [5.41, 5.74) is 0.878. The second-order valence-electron chi connectivity index (χ2n) is 4.74. The van der Waals surface area contributed by atoms with Crippen molar-refractivity contribution in [2.24, 2.45) is 0 Å². The Morgan fingerprint density at radius 1 is 1.12 bits per heavy atom. The summed E-state index contributed by atoms with van der Waals surface area (Å²) in [7, 11) is 1.23. The van der Waals surface area contributed by atoms with Crippen LogP contribution in [0.4, 0.5) is 0 Å². The van der Waals surface area contributed by atoms with E-state index in [4.69, 9.17) is 10.2 Å². The standard InChI is InChI=1S/C10H14O3.C7H12O4/c1-5-7(3)9(11)13-10(12)8(4)6-2;1-5(7(10)11-2)3-6(9)4-8/h6H,3,5H2,1-2,4H3;6,8-9H,1,3-4H2,2H3. The van der Waals surface area contributed by atoms with Crippen LogP contribution in [0.1, 0.15) is 33.6 Å². The summed E-state index contributed by atoms with van der Waals surface area (Å²) in [6.07, 6.45) is 1.19. The first-order valence-corrected chi connectivity index (χ1v) is 7.26. The number of hydrogen-bond donors (Lipinski definition) is 2. The Balaban J connectivity index is 0. The van der Waals surface area contributed by atoms with E-state index in [0.717, 1.165) is 0 Å². The lowest BCUT2D eigenvalue weighted by Gasteiger charge is -2.06. The van der Waals surface area contributed by atoms with E-state index in [9.17, 15) is 14.4 Å². The predicted molar refractivity (Wildman–Crippen MR) is 88.8 cm³/mol. The van der Waals surface area contributed by atoms with Crippen LogP contribution >= 0.6 is 0 Å². The zero-order chi connectivity index (χ0) is 19.3. The Morgan fingerprint density at radius 2 is 1.67 bits per heavy atom. The molecule has 0 amide bonds. The monoisotopic (exact) mass is 342 g/mol. The number of carbonyl (C=O) groups excluding carboxylic acids is 3. The predicted octanol–water partition coefficient (Wildman–Crippen LogP) is 1.45. The van der Waals surface area contributed by atoms with Crippen LogP contribution in [0, 0.1) is 0 Å². The van der Waals surface area contributed by atoms with Crippen LogP contribution in [0.15, 0.2) is 36.0 Å². The minimum atomic E-state index is -0.929. The molecule has 0 aromatic rings. The van der Waals surface area contributed by atoms with Gasteiger partial charge in [-0.05, 0) is 20.3 Å². The Hall–Kier alpha value is -2.25. The van der Waals surface area contributed by atoms with Gasteiger partial charge in [-0.3, -0.25) is 0 Å². The number of ether oxygens (including phenoxy) is 2. The van der Waals surface area contributed by atoms with E-state index in [-0.39, 0.29) is 18.6 Å². The van der Waals surface area contributed by atoms with Crippen molar-refractivity contribution in [1.82, 2.24) is 0 Å². The minimum Gasteiger partial charge on any atom is -0.466 e. The fourth-order valence-corrected chi connectivity index (χ4v) is 1.08. The second-order valence-corrected chi connectivity index (χ2v) is 4.74. The van der Waals surface area contributed by atoms with Crippen molar-refractivity contribution in [2.45, 2.75) is 39.7 Å². The van der Waals surface area contributed by atoms with Crippen LogP contribution in [0.5, 0.6) is 0 Å². The third kappa shape index (κ3) is 10.5. The molecule has 0 spiro atoms. The highest BCUT2D eigenvalue weighted by molar-refractivity contribution is 6.01. The third-order valence-electron chi connectivity index (χ3n) is 2.82. The van der Waals surface area contributed by atoms with Crippen LogP contribution in [0.3, 0.4) is 0 Å². The van der Waals surface area contributed by atoms with Gasteiger partial charge in [0.05, 0.1) is 19.8 Å². The topological polar surface area (TPSA) is 110 Å². The molecule has 1 atom stereocenters. The number of carbonyl (C=O) groups is 3. The molecule has 136 valence electrons. The number of esters is 3. The number of rotatable bonds is 7. The van der Waals surface area contributed by atoms with E-state index in [2.05, 4.69) is 22.6 Å². The van der Waals surface area contributed by atoms with Crippen LogP contribution < -0.4 is 0 Å². The molecule has 0 aromatic heterocycles. The molecule has 7 nitrogen and oxygen atoms in total. The summed E-state index contributed by atoms with van der Waals surface area (Å²) in [5.74, 6) is -1.81. The van der Waals surface area contributed by atoms with Crippen molar-refractivity contribution in [3.8, 4) is 0 Å². The van der Waals surface area contributed by atoms with Gasteiger partial charge in [0.15, 0.2) is 0 Å². The smallest absolute Gasteiger partial charge is 0.341 e. The third-order valence-corrected chi connectivity index (χ3v) is 2.82. The molecule has 2 N–H and O–H groups in total. The average Bonchev–Trinajstić information content (AvgIpc) is 2.59. The molecule has 0 rings (SSSR count). The fourth-order valence-electron chi connectivity index (χ4n) is 1.08. The molecule has 0 saturated heterocycles. The Bertz CT molecular complexity index is 503. The maximum Gasteiger partial charge on any atom is 0.341 e. The van der Waals surface area contributed by atoms with Gasteiger partial charge < -0.3 is 19.7 Å². The maximum atomic E-state index is 11.1. The Morgan fingerprint density at radius 3 is 2.04 bits per heavy atom. The molecule has 1 unspecified atom stereocenters. The first-order chi connectivity index (χ1) is 11.1. The van der Waals surface area contributed by atoms with Crippen molar-refractivity contribution in [1.29, 1.82) is 0 Å². The molecule has 0 aliphatic carbocycles. The molecule has 0 aromatic carbocycles. The van der Waals surface area contributed by atoms with Crippen molar-refractivity contribution >= 4 is 17.9 Å². The zero-order valence-electron chi connectivity index (χ0n) is 14.6. The maximum absolute atomic E-state index is 11.1. The first-order valence-electron chi connectivity index (χ1n) is 7.26. The molecule has 0 fully saturated rings. The molecule has 0 heterocycles. The van der Waals surface area contributed by atoms with Gasteiger partial charge in [0.2, 0.25) is 0 Å². The summed E-state index contributed by atoms with van der Waals surface area (Å²) >= 11 is 0. The van der Waals surface area contributed by atoms with Gasteiger partial charge in [-0.2, -0.15) is 0 Å². The number of aliphatic hydroxyl groups excluding tert-OH is 2. The van der Waals surface area contributed by atoms with Crippen LogP contribution in [-0.4, -0.2) is 47.9 Å². The fraction of sp³-hybridized carbons (Fsp3) is 0.471. The summed E-state index contributed by atoms with van der Waals surface area (Å²) in [5, 5.41) is 17.2. The highest BCUT2D eigenvalue weighted by Crippen LogP contribution is 2.04. The highest BCUT2D eigenvalue weighted by atomic mass is 16.6. The lowest BCUT2D eigenvalue weighted by Crippen LogP contribution is -2.16. The van der Waals surface area contributed by atoms with Crippen molar-refractivity contribution in [3.05, 3.63) is 36.0 Å². The van der Waals surface area contributed by atoms with Crippen molar-refractivity contribution in [2.75, 3.05) is 13.7 Å². The van der Waals surface area contributed by atoms with Crippen molar-refractivity contribution in [3.63, 3.8) is 0 Å². The summed E-state index contributed by atoms with van der Waals surface area (Å²) < 4.78 is 8.84. The summed E-state index contributed by atoms with van der Waals surface area (Å²) in [4.78, 5) is 32.7. The number of methoxy groups -OCH3 is 1. The van der Waals surface area contributed by atoms with E-state index >= 15 is 0 Å². The number of allylic oxidation sites excluding steroid dienone is 1. The largest absolute Gasteiger partial charge is 0.466 e. The van der Waals surface area contributed by atoms with E-state index in [0.29, 0.717) is 17.6 Å².